The third-order valence-electron chi connectivity index (χ3n) is 5.34. The molecule has 2 aromatic carbocycles. The fourth-order valence-electron chi connectivity index (χ4n) is 3.65. The zero-order chi connectivity index (χ0) is 21.8. The second-order valence-corrected chi connectivity index (χ2v) is 8.46. The van der Waals surface area contributed by atoms with Gasteiger partial charge in [0.25, 0.3) is 5.56 Å². The Morgan fingerprint density at radius 2 is 1.77 bits per heavy atom. The second kappa shape index (κ2) is 9.45. The fraction of sp³-hybridized carbons (Fsp3) is 0.333. The first kappa shape index (κ1) is 22.1. The molecule has 0 radical (unpaired) electrons. The molecule has 0 aliphatic heterocycles. The first-order valence-electron chi connectivity index (χ1n) is 10.1. The van der Waals surface area contributed by atoms with Crippen LogP contribution in [0.15, 0.2) is 59.5 Å². The average molecular weight is 427 g/mol. The topological polar surface area (TPSA) is 71.3 Å². The highest BCUT2D eigenvalue weighted by molar-refractivity contribution is 6.30. The lowest BCUT2D eigenvalue weighted by Gasteiger charge is -2.20. The van der Waals surface area contributed by atoms with Gasteiger partial charge in [0.15, 0.2) is 0 Å². The number of amides is 1. The predicted molar refractivity (Wildman–Crippen MR) is 122 cm³/mol. The first-order chi connectivity index (χ1) is 14.3. The first-order valence-corrected chi connectivity index (χ1v) is 10.5. The minimum atomic E-state index is -0.372. The van der Waals surface area contributed by atoms with Gasteiger partial charge in [-0.1, -0.05) is 43.6 Å². The van der Waals surface area contributed by atoms with Gasteiger partial charge in [-0.15, -0.1) is 0 Å². The smallest absolute Gasteiger partial charge is 0.258 e. The zero-order valence-corrected chi connectivity index (χ0v) is 18.2. The van der Waals surface area contributed by atoms with E-state index in [1.807, 2.05) is 25.1 Å². The van der Waals surface area contributed by atoms with E-state index in [2.05, 4.69) is 19.2 Å². The lowest BCUT2D eigenvalue weighted by molar-refractivity contribution is -0.117. The van der Waals surface area contributed by atoms with Gasteiger partial charge in [-0.3, -0.25) is 9.59 Å². The van der Waals surface area contributed by atoms with Gasteiger partial charge in [0.05, 0.1) is 18.6 Å². The van der Waals surface area contributed by atoms with E-state index in [1.54, 1.807) is 41.1 Å². The summed E-state index contributed by atoms with van der Waals surface area (Å²) in [7, 11) is 0. The number of aliphatic hydroxyl groups excluding tert-OH is 1. The molecule has 3 aromatic rings. The maximum absolute atomic E-state index is 13.1. The summed E-state index contributed by atoms with van der Waals surface area (Å²) >= 11 is 5.93. The number of aromatic nitrogens is 1. The largest absolute Gasteiger partial charge is 0.394 e. The summed E-state index contributed by atoms with van der Waals surface area (Å²) in [5, 5.41) is 14.5. The number of nitrogens with zero attached hydrogens (tertiary/aromatic N) is 1. The maximum Gasteiger partial charge on any atom is 0.258 e. The van der Waals surface area contributed by atoms with E-state index in [0.29, 0.717) is 33.8 Å². The Hall–Kier alpha value is -2.63. The molecule has 2 N–H and O–H groups in total. The molecule has 0 spiro atoms. The van der Waals surface area contributed by atoms with E-state index < -0.39 is 0 Å². The molecule has 158 valence electrons. The minimum Gasteiger partial charge on any atom is -0.394 e. The number of pyridine rings is 1. The number of carbonyl (C=O) groups excluding carboxylic acids is 1. The van der Waals surface area contributed by atoms with Gasteiger partial charge >= 0.3 is 0 Å². The molecular weight excluding hydrogens is 400 g/mol. The molecule has 1 amide bonds. The van der Waals surface area contributed by atoms with Gasteiger partial charge in [-0.2, -0.15) is 0 Å². The van der Waals surface area contributed by atoms with Crippen molar-refractivity contribution in [2.45, 2.75) is 39.2 Å². The highest BCUT2D eigenvalue weighted by Gasteiger charge is 2.18. The van der Waals surface area contributed by atoms with E-state index in [4.69, 9.17) is 11.6 Å². The third kappa shape index (κ3) is 4.74. The van der Waals surface area contributed by atoms with Crippen molar-refractivity contribution in [2.75, 3.05) is 11.9 Å². The van der Waals surface area contributed by atoms with Crippen LogP contribution in [0, 0.1) is 5.92 Å². The molecule has 0 bridgehead atoms. The number of carbonyl (C=O) groups is 1. The Kier molecular flexibility index (Phi) is 6.95. The van der Waals surface area contributed by atoms with E-state index in [1.165, 1.54) is 0 Å². The van der Waals surface area contributed by atoms with Crippen LogP contribution >= 0.6 is 11.6 Å². The standard InChI is InChI=1S/C24H27ClN2O3/c1-15(2)13-19(14-28)27-12-11-20-21(24(27)30)5-4-6-22(20)26-23(29)16(3)17-7-9-18(25)10-8-17/h4-12,15-16,19,28H,13-14H2,1-3H3,(H,26,29)/t16?,19-/m1/s1. The summed E-state index contributed by atoms with van der Waals surface area (Å²) in [4.78, 5) is 25.9. The van der Waals surface area contributed by atoms with Crippen molar-refractivity contribution >= 4 is 34.0 Å². The maximum atomic E-state index is 13.1. The Labute approximate surface area is 181 Å². The molecule has 0 aliphatic carbocycles. The monoisotopic (exact) mass is 426 g/mol. The Balaban J connectivity index is 1.92. The molecule has 5 nitrogen and oxygen atoms in total. The van der Waals surface area contributed by atoms with Crippen LogP contribution in [0.25, 0.3) is 10.8 Å². The number of aliphatic hydroxyl groups is 1. The number of anilines is 1. The summed E-state index contributed by atoms with van der Waals surface area (Å²) < 4.78 is 1.59. The molecule has 6 heteroatoms. The molecule has 1 aromatic heterocycles. The predicted octanol–water partition coefficient (Wildman–Crippen LogP) is 4.98. The lowest BCUT2D eigenvalue weighted by Crippen LogP contribution is -2.28. The summed E-state index contributed by atoms with van der Waals surface area (Å²) in [5.74, 6) is -0.186. The van der Waals surface area contributed by atoms with Crippen LogP contribution in [0.1, 0.15) is 44.7 Å². The summed E-state index contributed by atoms with van der Waals surface area (Å²) in [5.41, 5.74) is 1.28. The van der Waals surface area contributed by atoms with Gasteiger partial charge < -0.3 is 15.0 Å². The fourth-order valence-corrected chi connectivity index (χ4v) is 3.78. The number of nitrogens with one attached hydrogen (secondary N) is 1. The molecule has 0 aliphatic rings. The highest BCUT2D eigenvalue weighted by atomic mass is 35.5. The Bertz CT molecular complexity index is 1090. The molecular formula is C24H27ClN2O3. The van der Waals surface area contributed by atoms with Crippen LogP contribution in [0.5, 0.6) is 0 Å². The van der Waals surface area contributed by atoms with Crippen molar-refractivity contribution in [2.24, 2.45) is 5.92 Å². The number of hydrogen-bond acceptors (Lipinski definition) is 3. The van der Waals surface area contributed by atoms with Crippen molar-refractivity contribution < 1.29 is 9.90 Å². The summed E-state index contributed by atoms with van der Waals surface area (Å²) in [6.07, 6.45) is 2.41. The van der Waals surface area contributed by atoms with Crippen LogP contribution in [0.3, 0.4) is 0 Å². The number of rotatable bonds is 7. The second-order valence-electron chi connectivity index (χ2n) is 8.02. The molecule has 30 heavy (non-hydrogen) atoms. The molecule has 3 rings (SSSR count). The van der Waals surface area contributed by atoms with Gasteiger partial charge in [0.2, 0.25) is 5.91 Å². The van der Waals surface area contributed by atoms with Crippen molar-refractivity contribution in [3.8, 4) is 0 Å². The number of benzene rings is 2. The van der Waals surface area contributed by atoms with E-state index in [0.717, 1.165) is 5.56 Å². The van der Waals surface area contributed by atoms with Gasteiger partial charge in [0, 0.05) is 27.7 Å². The average Bonchev–Trinajstić information content (AvgIpc) is 2.73. The number of halogens is 1. The van der Waals surface area contributed by atoms with E-state index >= 15 is 0 Å². The molecule has 0 saturated heterocycles. The Morgan fingerprint density at radius 1 is 1.07 bits per heavy atom. The van der Waals surface area contributed by atoms with Gasteiger partial charge in [-0.25, -0.2) is 0 Å². The van der Waals surface area contributed by atoms with Crippen molar-refractivity contribution in [1.29, 1.82) is 0 Å². The molecule has 0 fully saturated rings. The molecule has 1 unspecified atom stereocenters. The molecule has 1 heterocycles. The minimum absolute atomic E-state index is 0.0986. The van der Waals surface area contributed by atoms with Crippen LogP contribution in [-0.4, -0.2) is 22.2 Å². The van der Waals surface area contributed by atoms with Crippen LogP contribution in [0.4, 0.5) is 5.69 Å². The van der Waals surface area contributed by atoms with Crippen molar-refractivity contribution in [3.05, 3.63) is 75.7 Å². The summed E-state index contributed by atoms with van der Waals surface area (Å²) in [6, 6.07) is 14.0. The van der Waals surface area contributed by atoms with Crippen molar-refractivity contribution in [1.82, 2.24) is 4.57 Å². The van der Waals surface area contributed by atoms with Gasteiger partial charge in [0.1, 0.15) is 0 Å². The van der Waals surface area contributed by atoms with Crippen LogP contribution in [0.2, 0.25) is 5.02 Å². The highest BCUT2D eigenvalue weighted by Crippen LogP contribution is 2.25. The summed E-state index contributed by atoms with van der Waals surface area (Å²) in [6.45, 7) is 5.85. The van der Waals surface area contributed by atoms with E-state index in [-0.39, 0.29) is 30.0 Å². The SMILES string of the molecule is CC(C)C[C@H](CO)n1ccc2c(NC(=O)C(C)c3ccc(Cl)cc3)cccc2c1=O. The van der Waals surface area contributed by atoms with Crippen molar-refractivity contribution in [3.63, 3.8) is 0 Å². The van der Waals surface area contributed by atoms with Crippen LogP contribution in [-0.2, 0) is 4.79 Å². The molecule has 0 saturated carbocycles. The quantitative estimate of drug-likeness (QED) is 0.559. The van der Waals surface area contributed by atoms with E-state index in [9.17, 15) is 14.7 Å². The normalized spacial score (nSPS) is 13.4. The third-order valence-corrected chi connectivity index (χ3v) is 5.59. The number of fused-ring (bicyclic) bond motifs is 1. The Morgan fingerprint density at radius 3 is 2.40 bits per heavy atom. The number of hydrogen-bond donors (Lipinski definition) is 2. The molecule has 2 atom stereocenters. The zero-order valence-electron chi connectivity index (χ0n) is 17.4. The lowest BCUT2D eigenvalue weighted by atomic mass is 10.00. The van der Waals surface area contributed by atoms with Gasteiger partial charge in [-0.05, 0) is 55.2 Å². The van der Waals surface area contributed by atoms with Crippen LogP contribution < -0.4 is 10.9 Å².